The Morgan fingerprint density at radius 2 is 2.10 bits per heavy atom. The number of hydrogen-bond acceptors (Lipinski definition) is 4. The molecule has 5 rings (SSSR count). The van der Waals surface area contributed by atoms with E-state index in [2.05, 4.69) is 52.8 Å². The van der Waals surface area contributed by atoms with Crippen molar-refractivity contribution in [2.75, 3.05) is 39.9 Å². The van der Waals surface area contributed by atoms with E-state index in [4.69, 9.17) is 4.74 Å². The summed E-state index contributed by atoms with van der Waals surface area (Å²) < 4.78 is 5.44. The molecule has 4 aliphatic rings. The van der Waals surface area contributed by atoms with Gasteiger partial charge in [0.05, 0.1) is 13.2 Å². The Bertz CT molecular complexity index is 911. The van der Waals surface area contributed by atoms with Crippen molar-refractivity contribution in [1.82, 2.24) is 15.1 Å². The molecule has 158 valence electrons. The molecule has 1 aromatic carbocycles. The molecular formula is C25H31N3O2. The zero-order valence-corrected chi connectivity index (χ0v) is 17.8. The minimum atomic E-state index is -0.0154. The van der Waals surface area contributed by atoms with Gasteiger partial charge in [0, 0.05) is 32.3 Å². The quantitative estimate of drug-likeness (QED) is 0.836. The standard InChI is InChI=1S/C25H31N3O2/c1-27-24-22(15-21(25(27)29)8-9-28-10-12-30-13-11-28)16-23(17-26-24)20-7-6-18-4-2-3-5-19(18)14-20/h3,5-7,14,16-17,21,24,26H,2,4,8-13,15H2,1H3. The van der Waals surface area contributed by atoms with Gasteiger partial charge in [-0.05, 0) is 72.2 Å². The average molecular weight is 406 g/mol. The summed E-state index contributed by atoms with van der Waals surface area (Å²) in [6.07, 6.45) is 12.9. The van der Waals surface area contributed by atoms with Gasteiger partial charge in [-0.25, -0.2) is 0 Å². The molecule has 0 aromatic heterocycles. The van der Waals surface area contributed by atoms with Gasteiger partial charge in [0.1, 0.15) is 6.17 Å². The normalized spacial score (nSPS) is 26.4. The topological polar surface area (TPSA) is 44.8 Å². The predicted molar refractivity (Wildman–Crippen MR) is 120 cm³/mol. The second-order valence-electron chi connectivity index (χ2n) is 8.84. The van der Waals surface area contributed by atoms with Crippen LogP contribution in [0.25, 0.3) is 11.6 Å². The van der Waals surface area contributed by atoms with Crippen molar-refractivity contribution in [2.45, 2.75) is 31.8 Å². The number of morpholine rings is 1. The van der Waals surface area contributed by atoms with Gasteiger partial charge in [-0.15, -0.1) is 0 Å². The van der Waals surface area contributed by atoms with Crippen LogP contribution in [-0.4, -0.2) is 61.8 Å². The van der Waals surface area contributed by atoms with Crippen molar-refractivity contribution in [3.05, 3.63) is 58.8 Å². The Labute approximate surface area is 179 Å². The number of likely N-dealkylation sites (tertiary alicyclic amines) is 1. The fourth-order valence-electron chi connectivity index (χ4n) is 5.08. The number of dihydropyridines is 1. The zero-order chi connectivity index (χ0) is 20.5. The zero-order valence-electron chi connectivity index (χ0n) is 17.8. The van der Waals surface area contributed by atoms with Gasteiger partial charge in [-0.2, -0.15) is 0 Å². The predicted octanol–water partition coefficient (Wildman–Crippen LogP) is 3.04. The minimum Gasteiger partial charge on any atom is -0.379 e. The monoisotopic (exact) mass is 405 g/mol. The number of benzene rings is 1. The van der Waals surface area contributed by atoms with Crippen LogP contribution in [0.5, 0.6) is 0 Å². The summed E-state index contributed by atoms with van der Waals surface area (Å²) in [5, 5.41) is 3.49. The van der Waals surface area contributed by atoms with Gasteiger partial charge in [-0.3, -0.25) is 9.69 Å². The molecule has 3 aliphatic heterocycles. The fourth-order valence-corrected chi connectivity index (χ4v) is 5.08. The van der Waals surface area contributed by atoms with E-state index in [1.54, 1.807) is 0 Å². The Morgan fingerprint density at radius 3 is 2.97 bits per heavy atom. The molecule has 2 atom stereocenters. The summed E-state index contributed by atoms with van der Waals surface area (Å²) >= 11 is 0. The number of amides is 1. The lowest BCUT2D eigenvalue weighted by Crippen LogP contribution is -2.53. The number of fused-ring (bicyclic) bond motifs is 2. The maximum absolute atomic E-state index is 13.0. The lowest BCUT2D eigenvalue weighted by molar-refractivity contribution is -0.138. The molecule has 0 spiro atoms. The first-order valence-electron chi connectivity index (χ1n) is 11.2. The molecule has 0 bridgehead atoms. The summed E-state index contributed by atoms with van der Waals surface area (Å²) in [7, 11) is 1.93. The lowest BCUT2D eigenvalue weighted by Gasteiger charge is -2.41. The van der Waals surface area contributed by atoms with Crippen LogP contribution in [0.3, 0.4) is 0 Å². The van der Waals surface area contributed by atoms with Gasteiger partial charge in [0.15, 0.2) is 0 Å². The van der Waals surface area contributed by atoms with Gasteiger partial charge >= 0.3 is 0 Å². The second kappa shape index (κ2) is 8.40. The number of nitrogens with one attached hydrogen (secondary N) is 1. The molecule has 5 nitrogen and oxygen atoms in total. The number of allylic oxidation sites excluding steroid dienone is 3. The van der Waals surface area contributed by atoms with Gasteiger partial charge in [0.2, 0.25) is 5.91 Å². The molecule has 1 amide bonds. The summed E-state index contributed by atoms with van der Waals surface area (Å²) in [5.74, 6) is 0.321. The van der Waals surface area contributed by atoms with E-state index in [1.807, 2.05) is 11.9 Å². The summed E-state index contributed by atoms with van der Waals surface area (Å²) in [4.78, 5) is 17.3. The van der Waals surface area contributed by atoms with E-state index in [0.29, 0.717) is 0 Å². The molecule has 3 heterocycles. The molecule has 1 aromatic rings. The summed E-state index contributed by atoms with van der Waals surface area (Å²) in [6, 6.07) is 6.79. The molecule has 5 heteroatoms. The Hall–Kier alpha value is -2.37. The first-order chi connectivity index (χ1) is 14.7. The fraction of sp³-hybridized carbons (Fsp3) is 0.480. The second-order valence-corrected chi connectivity index (χ2v) is 8.84. The number of carbonyl (C=O) groups excluding carboxylic acids is 1. The molecule has 2 unspecified atom stereocenters. The van der Waals surface area contributed by atoms with Crippen molar-refractivity contribution in [1.29, 1.82) is 0 Å². The molecule has 1 aliphatic carbocycles. The molecule has 0 radical (unpaired) electrons. The third-order valence-electron chi connectivity index (χ3n) is 6.91. The smallest absolute Gasteiger partial charge is 0.227 e. The largest absolute Gasteiger partial charge is 0.379 e. The lowest BCUT2D eigenvalue weighted by atomic mass is 9.85. The van der Waals surface area contributed by atoms with Crippen molar-refractivity contribution in [3.63, 3.8) is 0 Å². The first kappa shape index (κ1) is 19.6. The number of nitrogens with zero attached hydrogens (tertiary/aromatic N) is 2. The molecular weight excluding hydrogens is 374 g/mol. The van der Waals surface area contributed by atoms with Gasteiger partial charge < -0.3 is 15.0 Å². The molecule has 0 saturated carbocycles. The van der Waals surface area contributed by atoms with Crippen molar-refractivity contribution < 1.29 is 9.53 Å². The van der Waals surface area contributed by atoms with Crippen LogP contribution in [0.1, 0.15) is 36.0 Å². The number of rotatable bonds is 4. The van der Waals surface area contributed by atoms with Crippen LogP contribution in [0.2, 0.25) is 0 Å². The highest BCUT2D eigenvalue weighted by molar-refractivity contribution is 5.84. The van der Waals surface area contributed by atoms with Crippen LogP contribution < -0.4 is 5.32 Å². The number of ether oxygens (including phenoxy) is 1. The summed E-state index contributed by atoms with van der Waals surface area (Å²) in [6.45, 7) is 4.53. The van der Waals surface area contributed by atoms with E-state index in [0.717, 1.165) is 58.5 Å². The molecule has 1 N–H and O–H groups in total. The Balaban J connectivity index is 1.32. The third-order valence-corrected chi connectivity index (χ3v) is 6.91. The number of likely N-dealkylation sites (N-methyl/N-ethyl adjacent to an activating group) is 1. The Kier molecular flexibility index (Phi) is 5.48. The van der Waals surface area contributed by atoms with Crippen LogP contribution in [0.15, 0.2) is 42.1 Å². The number of aryl methyl sites for hydroxylation is 1. The van der Waals surface area contributed by atoms with E-state index < -0.39 is 0 Å². The maximum atomic E-state index is 13.0. The van der Waals surface area contributed by atoms with Crippen LogP contribution in [0, 0.1) is 5.92 Å². The third kappa shape index (κ3) is 3.84. The van der Waals surface area contributed by atoms with E-state index in [-0.39, 0.29) is 18.0 Å². The Morgan fingerprint density at radius 1 is 1.23 bits per heavy atom. The first-order valence-corrected chi connectivity index (χ1v) is 11.2. The highest BCUT2D eigenvalue weighted by atomic mass is 16.5. The molecule has 30 heavy (non-hydrogen) atoms. The van der Waals surface area contributed by atoms with Gasteiger partial charge in [0.25, 0.3) is 0 Å². The van der Waals surface area contributed by atoms with Crippen LogP contribution in [-0.2, 0) is 16.0 Å². The molecule has 2 fully saturated rings. The number of carbonyl (C=O) groups is 1. The van der Waals surface area contributed by atoms with Crippen molar-refractivity contribution >= 4 is 17.6 Å². The van der Waals surface area contributed by atoms with Crippen molar-refractivity contribution in [2.24, 2.45) is 5.92 Å². The maximum Gasteiger partial charge on any atom is 0.227 e. The average Bonchev–Trinajstić information content (AvgIpc) is 2.80. The van der Waals surface area contributed by atoms with Crippen molar-refractivity contribution in [3.8, 4) is 0 Å². The van der Waals surface area contributed by atoms with Crippen LogP contribution >= 0.6 is 0 Å². The highest BCUT2D eigenvalue weighted by Crippen LogP contribution is 2.34. The highest BCUT2D eigenvalue weighted by Gasteiger charge is 2.37. The molecule has 2 saturated heterocycles. The number of hydrogen-bond donors (Lipinski definition) is 1. The SMILES string of the molecule is CN1C(=O)C(CCN2CCOCC2)CC2=CC(c3ccc4c(c3)C=CCC4)=CNC21. The van der Waals surface area contributed by atoms with E-state index in [1.165, 1.54) is 27.8 Å². The minimum absolute atomic E-state index is 0.0154. The van der Waals surface area contributed by atoms with Crippen LogP contribution in [0.4, 0.5) is 0 Å². The number of piperidine rings is 1. The van der Waals surface area contributed by atoms with E-state index in [9.17, 15) is 4.79 Å². The van der Waals surface area contributed by atoms with Gasteiger partial charge in [-0.1, -0.05) is 24.3 Å². The summed E-state index contributed by atoms with van der Waals surface area (Å²) in [5.41, 5.74) is 6.53. The van der Waals surface area contributed by atoms with E-state index >= 15 is 0 Å².